The van der Waals surface area contributed by atoms with Crippen LogP contribution in [0.5, 0.6) is 0 Å². The number of hydrogen-bond donors (Lipinski definition) is 1. The molecule has 0 aromatic carbocycles. The highest BCUT2D eigenvalue weighted by Crippen LogP contribution is 2.51. The van der Waals surface area contributed by atoms with E-state index in [4.69, 9.17) is 9.52 Å². The molecular formula is C17H19NO4S. The normalized spacial score (nSPS) is 19.6. The van der Waals surface area contributed by atoms with Crippen LogP contribution in [0.2, 0.25) is 0 Å². The van der Waals surface area contributed by atoms with Crippen molar-refractivity contribution in [3.8, 4) is 0 Å². The predicted octanol–water partition coefficient (Wildman–Crippen LogP) is 3.42. The van der Waals surface area contributed by atoms with Crippen molar-refractivity contribution in [2.45, 2.75) is 32.7 Å². The van der Waals surface area contributed by atoms with Crippen LogP contribution in [0.3, 0.4) is 0 Å². The molecule has 1 amide bonds. The van der Waals surface area contributed by atoms with E-state index in [-0.39, 0.29) is 17.4 Å². The lowest BCUT2D eigenvalue weighted by Gasteiger charge is -2.15. The highest BCUT2D eigenvalue weighted by Gasteiger charge is 2.46. The molecule has 1 aliphatic carbocycles. The van der Waals surface area contributed by atoms with E-state index in [2.05, 4.69) is 18.4 Å². The minimum atomic E-state index is -1.01. The van der Waals surface area contributed by atoms with Gasteiger partial charge in [-0.1, -0.05) is 0 Å². The standard InChI is InChI=1S/C17H19NO4S/c1-9-4-5-23-15(9)13-7-14(13)16(19)18(3)8-11-6-12(17(20)21)10(2)22-11/h4-6,13-14H,7-8H2,1-3H3,(H,20,21). The van der Waals surface area contributed by atoms with Gasteiger partial charge in [-0.05, 0) is 43.3 Å². The lowest BCUT2D eigenvalue weighted by atomic mass is 10.2. The van der Waals surface area contributed by atoms with Crippen molar-refractivity contribution in [1.82, 2.24) is 4.90 Å². The number of thiophene rings is 1. The summed E-state index contributed by atoms with van der Waals surface area (Å²) in [7, 11) is 1.73. The maximum absolute atomic E-state index is 12.5. The van der Waals surface area contributed by atoms with Gasteiger partial charge in [0.2, 0.25) is 5.91 Å². The van der Waals surface area contributed by atoms with Gasteiger partial charge in [-0.25, -0.2) is 4.79 Å². The number of carboxylic acids is 1. The Morgan fingerprint density at radius 3 is 2.74 bits per heavy atom. The van der Waals surface area contributed by atoms with E-state index < -0.39 is 5.97 Å². The van der Waals surface area contributed by atoms with Gasteiger partial charge in [-0.2, -0.15) is 0 Å². The SMILES string of the molecule is Cc1ccsc1C1CC1C(=O)N(C)Cc1cc(C(=O)O)c(C)o1. The van der Waals surface area contributed by atoms with Crippen LogP contribution in [0.4, 0.5) is 0 Å². The Morgan fingerprint density at radius 1 is 1.43 bits per heavy atom. The molecule has 0 radical (unpaired) electrons. The second-order valence-electron chi connectivity index (χ2n) is 6.10. The van der Waals surface area contributed by atoms with Gasteiger partial charge in [0, 0.05) is 23.8 Å². The summed E-state index contributed by atoms with van der Waals surface area (Å²) in [5, 5.41) is 11.1. The molecule has 2 heterocycles. The van der Waals surface area contributed by atoms with Gasteiger partial charge >= 0.3 is 5.97 Å². The Morgan fingerprint density at radius 2 is 2.17 bits per heavy atom. The molecule has 6 heteroatoms. The van der Waals surface area contributed by atoms with Crippen LogP contribution < -0.4 is 0 Å². The van der Waals surface area contributed by atoms with E-state index in [1.165, 1.54) is 16.5 Å². The Labute approximate surface area is 138 Å². The molecule has 3 rings (SSSR count). The maximum atomic E-state index is 12.5. The zero-order valence-corrected chi connectivity index (χ0v) is 14.1. The minimum absolute atomic E-state index is 0.0346. The fourth-order valence-electron chi connectivity index (χ4n) is 2.95. The average molecular weight is 333 g/mol. The number of aryl methyl sites for hydroxylation is 2. The Kier molecular flexibility index (Phi) is 4.02. The average Bonchev–Trinajstić information content (AvgIpc) is 3.02. The molecule has 1 fully saturated rings. The molecule has 0 spiro atoms. The molecule has 2 unspecified atom stereocenters. The van der Waals surface area contributed by atoms with E-state index in [0.717, 1.165) is 6.42 Å². The highest BCUT2D eigenvalue weighted by atomic mass is 32.1. The number of carboxylic acid groups (broad SMARTS) is 1. The number of carbonyl (C=O) groups is 2. The van der Waals surface area contributed by atoms with Gasteiger partial charge in [0.05, 0.1) is 6.54 Å². The molecule has 0 aliphatic heterocycles. The van der Waals surface area contributed by atoms with E-state index in [9.17, 15) is 9.59 Å². The first kappa shape index (κ1) is 15.8. The van der Waals surface area contributed by atoms with Gasteiger partial charge in [0.25, 0.3) is 0 Å². The minimum Gasteiger partial charge on any atom is -0.478 e. The molecular weight excluding hydrogens is 314 g/mol. The largest absolute Gasteiger partial charge is 0.478 e. The molecule has 1 saturated carbocycles. The number of amides is 1. The highest BCUT2D eigenvalue weighted by molar-refractivity contribution is 7.10. The molecule has 2 atom stereocenters. The van der Waals surface area contributed by atoms with E-state index in [1.807, 2.05) is 0 Å². The summed E-state index contributed by atoms with van der Waals surface area (Å²) in [5.41, 5.74) is 1.41. The maximum Gasteiger partial charge on any atom is 0.339 e. The summed E-state index contributed by atoms with van der Waals surface area (Å²) in [6.45, 7) is 3.99. The molecule has 5 nitrogen and oxygen atoms in total. The van der Waals surface area contributed by atoms with Crippen LogP contribution in [-0.4, -0.2) is 28.9 Å². The lowest BCUT2D eigenvalue weighted by molar-refractivity contribution is -0.132. The van der Waals surface area contributed by atoms with E-state index in [1.54, 1.807) is 30.2 Å². The summed E-state index contributed by atoms with van der Waals surface area (Å²) in [4.78, 5) is 26.5. The Hall–Kier alpha value is -2.08. The fourth-order valence-corrected chi connectivity index (χ4v) is 4.06. The number of aromatic carboxylic acids is 1. The summed E-state index contributed by atoms with van der Waals surface area (Å²) in [5.74, 6) is 0.313. The van der Waals surface area contributed by atoms with Gasteiger partial charge in [-0.15, -0.1) is 11.3 Å². The van der Waals surface area contributed by atoms with Crippen molar-refractivity contribution in [3.05, 3.63) is 45.0 Å². The van der Waals surface area contributed by atoms with Gasteiger partial charge in [-0.3, -0.25) is 4.79 Å². The van der Waals surface area contributed by atoms with Crippen molar-refractivity contribution >= 4 is 23.2 Å². The quantitative estimate of drug-likeness (QED) is 0.910. The number of rotatable bonds is 5. The Balaban J connectivity index is 1.64. The van der Waals surface area contributed by atoms with Gasteiger partial charge < -0.3 is 14.4 Å². The van der Waals surface area contributed by atoms with E-state index >= 15 is 0 Å². The first-order valence-corrected chi connectivity index (χ1v) is 8.38. The monoisotopic (exact) mass is 333 g/mol. The molecule has 0 saturated heterocycles. The third-order valence-electron chi connectivity index (χ3n) is 4.31. The number of hydrogen-bond acceptors (Lipinski definition) is 4. The van der Waals surface area contributed by atoms with Crippen LogP contribution >= 0.6 is 11.3 Å². The van der Waals surface area contributed by atoms with Gasteiger partial charge in [0.15, 0.2) is 0 Å². The number of carbonyl (C=O) groups excluding carboxylic acids is 1. The Bertz CT molecular complexity index is 760. The van der Waals surface area contributed by atoms with Crippen LogP contribution in [0.25, 0.3) is 0 Å². The number of furan rings is 1. The zero-order chi connectivity index (χ0) is 16.7. The molecule has 23 heavy (non-hydrogen) atoms. The fraction of sp³-hybridized carbons (Fsp3) is 0.412. The second kappa shape index (κ2) is 5.85. The van der Waals surface area contributed by atoms with Crippen molar-refractivity contribution in [1.29, 1.82) is 0 Å². The number of nitrogens with zero attached hydrogens (tertiary/aromatic N) is 1. The second-order valence-corrected chi connectivity index (χ2v) is 7.05. The third kappa shape index (κ3) is 3.03. The van der Waals surface area contributed by atoms with E-state index in [0.29, 0.717) is 24.0 Å². The summed E-state index contributed by atoms with van der Waals surface area (Å²) in [6.07, 6.45) is 0.891. The van der Waals surface area contributed by atoms with Crippen LogP contribution in [0.1, 0.15) is 44.7 Å². The van der Waals surface area contributed by atoms with Crippen molar-refractivity contribution < 1.29 is 19.1 Å². The topological polar surface area (TPSA) is 70.8 Å². The zero-order valence-electron chi connectivity index (χ0n) is 13.3. The smallest absolute Gasteiger partial charge is 0.339 e. The summed E-state index contributed by atoms with van der Waals surface area (Å²) >= 11 is 1.71. The molecule has 122 valence electrons. The molecule has 0 bridgehead atoms. The van der Waals surface area contributed by atoms with Crippen LogP contribution in [0.15, 0.2) is 21.9 Å². The third-order valence-corrected chi connectivity index (χ3v) is 5.47. The summed E-state index contributed by atoms with van der Waals surface area (Å²) in [6, 6.07) is 3.58. The van der Waals surface area contributed by atoms with Crippen molar-refractivity contribution in [2.75, 3.05) is 7.05 Å². The van der Waals surface area contributed by atoms with Crippen LogP contribution in [-0.2, 0) is 11.3 Å². The predicted molar refractivity (Wildman–Crippen MR) is 86.8 cm³/mol. The molecule has 2 aromatic heterocycles. The van der Waals surface area contributed by atoms with Crippen molar-refractivity contribution in [2.24, 2.45) is 5.92 Å². The summed E-state index contributed by atoms with van der Waals surface area (Å²) < 4.78 is 5.44. The first-order valence-electron chi connectivity index (χ1n) is 7.50. The molecule has 1 N–H and O–H groups in total. The van der Waals surface area contributed by atoms with Crippen LogP contribution in [0, 0.1) is 19.8 Å². The van der Waals surface area contributed by atoms with Gasteiger partial charge in [0.1, 0.15) is 17.1 Å². The molecule has 2 aromatic rings. The molecule has 1 aliphatic rings. The van der Waals surface area contributed by atoms with Crippen molar-refractivity contribution in [3.63, 3.8) is 0 Å². The first-order chi connectivity index (χ1) is 10.9. The lowest BCUT2D eigenvalue weighted by Crippen LogP contribution is -2.27.